The number of H-pyrrole nitrogens is 1. The predicted molar refractivity (Wildman–Crippen MR) is 82.4 cm³/mol. The molecule has 0 aromatic carbocycles. The minimum Gasteiger partial charge on any atom is -0.332 e. The summed E-state index contributed by atoms with van der Waals surface area (Å²) in [6.45, 7) is 2.26. The highest BCUT2D eigenvalue weighted by molar-refractivity contribution is 7.89. The Bertz CT molecular complexity index is 545. The molecule has 0 aliphatic heterocycles. The molecule has 0 saturated heterocycles. The highest BCUT2D eigenvalue weighted by atomic mass is 32.2. The SMILES string of the molecule is CCc1ncc(S(=O)(=O)NC2(CN)CCCCCCC2)[nH]1. The standard InChI is InChI=1S/C14H26N4O2S/c1-2-12-16-10-13(17-12)21(19,20)18-14(11-15)8-6-4-3-5-7-9-14/h10,18H,2-9,11,15H2,1H3,(H,16,17). The Labute approximate surface area is 127 Å². The maximum Gasteiger partial charge on any atom is 0.258 e. The van der Waals surface area contributed by atoms with Crippen LogP contribution in [0.4, 0.5) is 0 Å². The van der Waals surface area contributed by atoms with E-state index in [-0.39, 0.29) is 5.03 Å². The molecular formula is C14H26N4O2S. The molecule has 1 aromatic heterocycles. The van der Waals surface area contributed by atoms with Crippen LogP contribution in [0.1, 0.15) is 57.7 Å². The topological polar surface area (TPSA) is 101 Å². The number of nitrogens with two attached hydrogens (primary N) is 1. The number of nitrogens with zero attached hydrogens (tertiary/aromatic N) is 1. The number of hydrogen-bond acceptors (Lipinski definition) is 4. The molecule has 1 heterocycles. The second-order valence-electron chi connectivity index (χ2n) is 5.91. The van der Waals surface area contributed by atoms with Crippen molar-refractivity contribution in [3.8, 4) is 0 Å². The third-order valence-electron chi connectivity index (χ3n) is 4.28. The van der Waals surface area contributed by atoms with E-state index in [2.05, 4.69) is 14.7 Å². The molecule has 1 fully saturated rings. The molecule has 0 unspecified atom stereocenters. The fraction of sp³-hybridized carbons (Fsp3) is 0.786. The van der Waals surface area contributed by atoms with Crippen molar-refractivity contribution in [2.24, 2.45) is 5.73 Å². The van der Waals surface area contributed by atoms with Crippen molar-refractivity contribution in [1.82, 2.24) is 14.7 Å². The van der Waals surface area contributed by atoms with Gasteiger partial charge in [-0.1, -0.05) is 39.0 Å². The number of aromatic nitrogens is 2. The highest BCUT2D eigenvalue weighted by Gasteiger charge is 2.34. The number of imidazole rings is 1. The smallest absolute Gasteiger partial charge is 0.258 e. The summed E-state index contributed by atoms with van der Waals surface area (Å²) in [4.78, 5) is 6.93. The van der Waals surface area contributed by atoms with Gasteiger partial charge in [-0.3, -0.25) is 0 Å². The van der Waals surface area contributed by atoms with E-state index in [1.54, 1.807) is 0 Å². The van der Waals surface area contributed by atoms with Gasteiger partial charge in [0.25, 0.3) is 10.0 Å². The first-order chi connectivity index (χ1) is 10.0. The molecule has 1 aliphatic rings. The van der Waals surface area contributed by atoms with E-state index in [9.17, 15) is 8.42 Å². The van der Waals surface area contributed by atoms with Gasteiger partial charge in [0.1, 0.15) is 5.82 Å². The minimum absolute atomic E-state index is 0.134. The maximum atomic E-state index is 12.6. The molecule has 21 heavy (non-hydrogen) atoms. The Balaban J connectivity index is 2.18. The van der Waals surface area contributed by atoms with Crippen molar-refractivity contribution in [3.63, 3.8) is 0 Å². The van der Waals surface area contributed by atoms with Crippen LogP contribution in [0.5, 0.6) is 0 Å². The van der Waals surface area contributed by atoms with E-state index in [0.29, 0.717) is 18.8 Å². The van der Waals surface area contributed by atoms with Crippen molar-refractivity contribution in [1.29, 1.82) is 0 Å². The van der Waals surface area contributed by atoms with Crippen LogP contribution in [0.15, 0.2) is 11.2 Å². The number of hydrogen-bond donors (Lipinski definition) is 3. The van der Waals surface area contributed by atoms with E-state index in [1.807, 2.05) is 6.92 Å². The van der Waals surface area contributed by atoms with Gasteiger partial charge < -0.3 is 10.7 Å². The van der Waals surface area contributed by atoms with Crippen LogP contribution in [0, 0.1) is 0 Å². The Morgan fingerprint density at radius 1 is 1.29 bits per heavy atom. The van der Waals surface area contributed by atoms with Crippen LogP contribution in [0.2, 0.25) is 0 Å². The molecule has 4 N–H and O–H groups in total. The van der Waals surface area contributed by atoms with E-state index in [1.165, 1.54) is 12.6 Å². The monoisotopic (exact) mass is 314 g/mol. The lowest BCUT2D eigenvalue weighted by Gasteiger charge is -2.34. The Kier molecular flexibility index (Phi) is 5.40. The zero-order chi connectivity index (χ0) is 15.3. The van der Waals surface area contributed by atoms with Crippen LogP contribution in [-0.2, 0) is 16.4 Å². The first-order valence-corrected chi connectivity index (χ1v) is 9.27. The fourth-order valence-electron chi connectivity index (χ4n) is 2.93. The van der Waals surface area contributed by atoms with E-state index < -0.39 is 15.6 Å². The van der Waals surface area contributed by atoms with Crippen molar-refractivity contribution < 1.29 is 8.42 Å². The lowest BCUT2D eigenvalue weighted by Crippen LogP contribution is -2.53. The third-order valence-corrected chi connectivity index (χ3v) is 5.77. The predicted octanol–water partition coefficient (Wildman–Crippen LogP) is 1.69. The Hall–Kier alpha value is -0.920. The molecule has 1 aliphatic carbocycles. The van der Waals surface area contributed by atoms with Crippen molar-refractivity contribution in [2.75, 3.05) is 6.54 Å². The molecule has 0 spiro atoms. The molecule has 120 valence electrons. The molecule has 7 heteroatoms. The zero-order valence-electron chi connectivity index (χ0n) is 12.7. The third kappa shape index (κ3) is 4.05. The number of rotatable bonds is 5. The van der Waals surface area contributed by atoms with Gasteiger partial charge in [0.15, 0.2) is 5.03 Å². The molecule has 0 atom stereocenters. The summed E-state index contributed by atoms with van der Waals surface area (Å²) in [5.74, 6) is 0.676. The molecule has 2 rings (SSSR count). The molecule has 1 aromatic rings. The van der Waals surface area contributed by atoms with Crippen molar-refractivity contribution in [3.05, 3.63) is 12.0 Å². The largest absolute Gasteiger partial charge is 0.332 e. The second-order valence-corrected chi connectivity index (χ2v) is 7.56. The molecule has 0 radical (unpaired) electrons. The van der Waals surface area contributed by atoms with Gasteiger partial charge in [-0.05, 0) is 12.8 Å². The van der Waals surface area contributed by atoms with Crippen molar-refractivity contribution >= 4 is 10.0 Å². The Morgan fingerprint density at radius 2 is 1.90 bits per heavy atom. The first-order valence-electron chi connectivity index (χ1n) is 7.79. The average Bonchev–Trinajstić information content (AvgIpc) is 2.92. The number of aromatic amines is 1. The van der Waals surface area contributed by atoms with Crippen molar-refractivity contribution in [2.45, 2.75) is 68.9 Å². The maximum absolute atomic E-state index is 12.6. The van der Waals surface area contributed by atoms with Crippen LogP contribution < -0.4 is 10.5 Å². The Morgan fingerprint density at radius 3 is 2.43 bits per heavy atom. The summed E-state index contributed by atoms with van der Waals surface area (Å²) in [7, 11) is -3.60. The van der Waals surface area contributed by atoms with Gasteiger partial charge in [-0.15, -0.1) is 0 Å². The van der Waals surface area contributed by atoms with Gasteiger partial charge in [-0.2, -0.15) is 0 Å². The van der Waals surface area contributed by atoms with Gasteiger partial charge in [0, 0.05) is 18.5 Å². The number of aryl methyl sites for hydroxylation is 1. The molecule has 1 saturated carbocycles. The molecule has 6 nitrogen and oxygen atoms in total. The van der Waals surface area contributed by atoms with Crippen LogP contribution in [-0.4, -0.2) is 30.5 Å². The molecule has 0 amide bonds. The quantitative estimate of drug-likeness (QED) is 0.770. The van der Waals surface area contributed by atoms with Crippen LogP contribution >= 0.6 is 0 Å². The first kappa shape index (κ1) is 16.5. The van der Waals surface area contributed by atoms with Crippen LogP contribution in [0.25, 0.3) is 0 Å². The molecule has 0 bridgehead atoms. The summed E-state index contributed by atoms with van der Waals surface area (Å²) in [5, 5.41) is 0.134. The summed E-state index contributed by atoms with van der Waals surface area (Å²) >= 11 is 0. The normalized spacial score (nSPS) is 19.9. The lowest BCUT2D eigenvalue weighted by molar-refractivity contribution is 0.295. The van der Waals surface area contributed by atoms with E-state index in [4.69, 9.17) is 5.73 Å². The van der Waals surface area contributed by atoms with Crippen LogP contribution in [0.3, 0.4) is 0 Å². The second kappa shape index (κ2) is 6.89. The average molecular weight is 314 g/mol. The number of nitrogens with one attached hydrogen (secondary N) is 2. The van der Waals surface area contributed by atoms with Gasteiger partial charge >= 0.3 is 0 Å². The van der Waals surface area contributed by atoms with Gasteiger partial charge in [-0.25, -0.2) is 18.1 Å². The lowest BCUT2D eigenvalue weighted by atomic mass is 9.85. The summed E-state index contributed by atoms with van der Waals surface area (Å²) in [6, 6.07) is 0. The highest BCUT2D eigenvalue weighted by Crippen LogP contribution is 2.27. The summed E-state index contributed by atoms with van der Waals surface area (Å²) < 4.78 is 28.0. The number of sulfonamides is 1. The zero-order valence-corrected chi connectivity index (χ0v) is 13.5. The van der Waals surface area contributed by atoms with Gasteiger partial charge in [0.05, 0.1) is 6.20 Å². The minimum atomic E-state index is -3.60. The van der Waals surface area contributed by atoms with E-state index >= 15 is 0 Å². The summed E-state index contributed by atoms with van der Waals surface area (Å²) in [5.41, 5.74) is 5.41. The van der Waals surface area contributed by atoms with E-state index in [0.717, 1.165) is 38.5 Å². The fourth-order valence-corrected chi connectivity index (χ4v) is 4.34. The summed E-state index contributed by atoms with van der Waals surface area (Å²) in [6.07, 6.45) is 9.22. The molecular weight excluding hydrogens is 288 g/mol. The van der Waals surface area contributed by atoms with Gasteiger partial charge in [0.2, 0.25) is 0 Å².